The molecule has 3 N–H and O–H groups in total. The highest BCUT2D eigenvalue weighted by atomic mass is 35.5. The quantitative estimate of drug-likeness (QED) is 0.891. The molecule has 0 aliphatic heterocycles. The van der Waals surface area contributed by atoms with Crippen LogP contribution in [0.3, 0.4) is 0 Å². The lowest BCUT2D eigenvalue weighted by Gasteiger charge is -2.30. The number of rotatable bonds is 4. The van der Waals surface area contributed by atoms with Gasteiger partial charge in [0.15, 0.2) is 0 Å². The molecule has 0 saturated carbocycles. The van der Waals surface area contributed by atoms with Crippen molar-refractivity contribution in [3.8, 4) is 0 Å². The Morgan fingerprint density at radius 3 is 2.33 bits per heavy atom. The molecule has 0 radical (unpaired) electrons. The van der Waals surface area contributed by atoms with Crippen LogP contribution in [0.1, 0.15) is 20.8 Å². The molecule has 0 spiro atoms. The normalized spacial score (nSPS) is 14.5. The second kappa shape index (κ2) is 5.57. The van der Waals surface area contributed by atoms with Crippen molar-refractivity contribution in [3.63, 3.8) is 0 Å². The monoisotopic (exact) mass is 290 g/mol. The summed E-state index contributed by atoms with van der Waals surface area (Å²) in [6.07, 6.45) is 0. The minimum absolute atomic E-state index is 0.0781. The summed E-state index contributed by atoms with van der Waals surface area (Å²) in [6.45, 7) is 6.02. The summed E-state index contributed by atoms with van der Waals surface area (Å²) in [4.78, 5) is 0.0781. The van der Waals surface area contributed by atoms with Crippen LogP contribution in [0.4, 0.5) is 0 Å². The molecule has 1 atom stereocenters. The molecule has 4 nitrogen and oxygen atoms in total. The van der Waals surface area contributed by atoms with E-state index in [0.29, 0.717) is 0 Å². The van der Waals surface area contributed by atoms with Crippen LogP contribution < -0.4 is 10.5 Å². The Morgan fingerprint density at radius 1 is 1.33 bits per heavy atom. The number of hydrogen-bond acceptors (Lipinski definition) is 3. The molecule has 0 amide bonds. The van der Waals surface area contributed by atoms with Crippen LogP contribution in [0.15, 0.2) is 29.2 Å². The molecule has 18 heavy (non-hydrogen) atoms. The van der Waals surface area contributed by atoms with E-state index in [4.69, 9.17) is 17.3 Å². The van der Waals surface area contributed by atoms with Crippen LogP contribution in [-0.4, -0.2) is 21.0 Å². The summed E-state index contributed by atoms with van der Waals surface area (Å²) < 4.78 is 27.0. The third-order valence-corrected chi connectivity index (χ3v) is 4.68. The fraction of sp³-hybridized carbons (Fsp3) is 0.500. The zero-order chi connectivity index (χ0) is 14.0. The highest BCUT2D eigenvalue weighted by Crippen LogP contribution is 2.24. The number of nitrogens with two attached hydrogens (primary N) is 1. The van der Waals surface area contributed by atoms with Gasteiger partial charge in [0.25, 0.3) is 0 Å². The largest absolute Gasteiger partial charge is 0.329 e. The van der Waals surface area contributed by atoms with E-state index < -0.39 is 10.0 Å². The zero-order valence-corrected chi connectivity index (χ0v) is 12.3. The van der Waals surface area contributed by atoms with E-state index in [9.17, 15) is 8.42 Å². The first-order valence-corrected chi connectivity index (χ1v) is 7.51. The summed E-state index contributed by atoms with van der Waals surface area (Å²) in [5, 5.41) is 0.203. The lowest BCUT2D eigenvalue weighted by molar-refractivity contribution is 0.304. The average molecular weight is 291 g/mol. The zero-order valence-electron chi connectivity index (χ0n) is 10.8. The highest BCUT2D eigenvalue weighted by molar-refractivity contribution is 7.89. The lowest BCUT2D eigenvalue weighted by Crippen LogP contribution is -2.48. The maximum atomic E-state index is 12.2. The molecule has 0 fully saturated rings. The van der Waals surface area contributed by atoms with Gasteiger partial charge < -0.3 is 5.73 Å². The van der Waals surface area contributed by atoms with E-state index in [1.54, 1.807) is 18.2 Å². The summed E-state index contributed by atoms with van der Waals surface area (Å²) in [5.41, 5.74) is 5.36. The lowest BCUT2D eigenvalue weighted by atomic mass is 9.88. The van der Waals surface area contributed by atoms with Gasteiger partial charge in [-0.3, -0.25) is 0 Å². The summed E-state index contributed by atoms with van der Waals surface area (Å²) in [5.74, 6) is 0. The van der Waals surface area contributed by atoms with Gasteiger partial charge in [-0.05, 0) is 17.5 Å². The van der Waals surface area contributed by atoms with Crippen molar-refractivity contribution in [1.29, 1.82) is 0 Å². The van der Waals surface area contributed by atoms with Crippen LogP contribution in [0.2, 0.25) is 5.02 Å². The number of nitrogens with one attached hydrogen (secondary N) is 1. The highest BCUT2D eigenvalue weighted by Gasteiger charge is 2.29. The van der Waals surface area contributed by atoms with Gasteiger partial charge in [0.1, 0.15) is 4.90 Å². The molecule has 0 heterocycles. The number of sulfonamides is 1. The second-order valence-corrected chi connectivity index (χ2v) is 7.30. The molecule has 0 aliphatic rings. The van der Waals surface area contributed by atoms with Gasteiger partial charge in [0.05, 0.1) is 5.02 Å². The topological polar surface area (TPSA) is 72.2 Å². The first kappa shape index (κ1) is 15.4. The maximum absolute atomic E-state index is 12.2. The molecular weight excluding hydrogens is 272 g/mol. The van der Waals surface area contributed by atoms with E-state index >= 15 is 0 Å². The van der Waals surface area contributed by atoms with Crippen molar-refractivity contribution in [2.45, 2.75) is 31.7 Å². The van der Waals surface area contributed by atoms with E-state index in [2.05, 4.69) is 4.72 Å². The number of hydrogen-bond donors (Lipinski definition) is 2. The van der Waals surface area contributed by atoms with Gasteiger partial charge in [0.2, 0.25) is 10.0 Å². The third-order valence-electron chi connectivity index (χ3n) is 2.70. The molecule has 102 valence electrons. The molecule has 0 aromatic heterocycles. The summed E-state index contributed by atoms with van der Waals surface area (Å²) in [7, 11) is -3.65. The van der Waals surface area contributed by atoms with Crippen LogP contribution in [0.25, 0.3) is 0 Å². The molecule has 1 rings (SSSR count). The van der Waals surface area contributed by atoms with Crippen LogP contribution in [0, 0.1) is 5.41 Å². The van der Waals surface area contributed by atoms with Crippen molar-refractivity contribution in [2.24, 2.45) is 11.1 Å². The molecule has 1 aromatic rings. The number of halogens is 1. The van der Waals surface area contributed by atoms with Crippen LogP contribution >= 0.6 is 11.6 Å². The first-order chi connectivity index (χ1) is 8.18. The van der Waals surface area contributed by atoms with Gasteiger partial charge in [-0.1, -0.05) is 44.5 Å². The smallest absolute Gasteiger partial charge is 0.242 e. The molecule has 0 aliphatic carbocycles. The van der Waals surface area contributed by atoms with Crippen LogP contribution in [-0.2, 0) is 10.0 Å². The predicted octanol–water partition coefficient (Wildman–Crippen LogP) is 1.99. The minimum Gasteiger partial charge on any atom is -0.329 e. The molecule has 0 bridgehead atoms. The Hall–Kier alpha value is -0.620. The van der Waals surface area contributed by atoms with Crippen LogP contribution in [0.5, 0.6) is 0 Å². The Balaban J connectivity index is 3.06. The van der Waals surface area contributed by atoms with E-state index in [-0.39, 0.29) is 27.9 Å². The van der Waals surface area contributed by atoms with Crippen molar-refractivity contribution >= 4 is 21.6 Å². The Morgan fingerprint density at radius 2 is 1.89 bits per heavy atom. The fourth-order valence-corrected chi connectivity index (χ4v) is 3.47. The number of benzene rings is 1. The van der Waals surface area contributed by atoms with Gasteiger partial charge >= 0.3 is 0 Å². The van der Waals surface area contributed by atoms with Crippen molar-refractivity contribution in [1.82, 2.24) is 4.72 Å². The Kier molecular flexibility index (Phi) is 4.78. The Labute approximate surface area is 114 Å². The van der Waals surface area contributed by atoms with Crippen molar-refractivity contribution in [2.75, 3.05) is 6.54 Å². The molecule has 0 saturated heterocycles. The maximum Gasteiger partial charge on any atom is 0.242 e. The molecule has 6 heteroatoms. The van der Waals surface area contributed by atoms with E-state index in [0.717, 1.165) is 0 Å². The molecule has 1 aromatic carbocycles. The molecule has 1 unspecified atom stereocenters. The third kappa shape index (κ3) is 3.68. The SMILES string of the molecule is CC(C)(C)C(CN)NS(=O)(=O)c1ccccc1Cl. The van der Waals surface area contributed by atoms with Gasteiger partial charge in [-0.15, -0.1) is 0 Å². The second-order valence-electron chi connectivity index (χ2n) is 5.21. The average Bonchev–Trinajstić information content (AvgIpc) is 2.24. The summed E-state index contributed by atoms with van der Waals surface area (Å²) in [6, 6.07) is 5.99. The van der Waals surface area contributed by atoms with Gasteiger partial charge in [-0.25, -0.2) is 13.1 Å². The molecular formula is C12H19ClN2O2S. The predicted molar refractivity (Wildman–Crippen MR) is 74.1 cm³/mol. The standard InChI is InChI=1S/C12H19ClN2O2S/c1-12(2,3)11(8-14)15-18(16,17)10-7-5-4-6-9(10)13/h4-7,11,15H,8,14H2,1-3H3. The van der Waals surface area contributed by atoms with Crippen molar-refractivity contribution < 1.29 is 8.42 Å². The Bertz CT molecular complexity index is 509. The minimum atomic E-state index is -3.65. The van der Waals surface area contributed by atoms with Crippen molar-refractivity contribution in [3.05, 3.63) is 29.3 Å². The van der Waals surface area contributed by atoms with Gasteiger partial charge in [0, 0.05) is 12.6 Å². The first-order valence-electron chi connectivity index (χ1n) is 5.65. The van der Waals surface area contributed by atoms with E-state index in [1.807, 2.05) is 20.8 Å². The fourth-order valence-electron chi connectivity index (χ4n) is 1.49. The van der Waals surface area contributed by atoms with E-state index in [1.165, 1.54) is 6.07 Å². The summed E-state index contributed by atoms with van der Waals surface area (Å²) >= 11 is 5.90. The van der Waals surface area contributed by atoms with Gasteiger partial charge in [-0.2, -0.15) is 0 Å².